The third-order valence-corrected chi connectivity index (χ3v) is 4.86. The maximum absolute atomic E-state index is 12.7. The van der Waals surface area contributed by atoms with E-state index in [0.717, 1.165) is 31.7 Å². The Kier molecular flexibility index (Phi) is 4.36. The molecule has 2 aromatic heterocycles. The van der Waals surface area contributed by atoms with Crippen molar-refractivity contribution in [1.82, 2.24) is 20.2 Å². The number of hydrogen-bond donors (Lipinski definition) is 2. The number of hydrogen-bond acceptors (Lipinski definition) is 4. The van der Waals surface area contributed by atoms with Gasteiger partial charge in [-0.3, -0.25) is 4.79 Å². The summed E-state index contributed by atoms with van der Waals surface area (Å²) >= 11 is 1.62. The minimum absolute atomic E-state index is 0.0692. The van der Waals surface area contributed by atoms with Gasteiger partial charge in [-0.05, 0) is 44.5 Å². The second-order valence-electron chi connectivity index (χ2n) is 5.49. The smallest absolute Gasteiger partial charge is 0.270 e. The lowest BCUT2D eigenvalue weighted by Gasteiger charge is -2.25. The Morgan fingerprint density at radius 3 is 3.10 bits per heavy atom. The monoisotopic (exact) mass is 304 g/mol. The van der Waals surface area contributed by atoms with E-state index >= 15 is 0 Å². The van der Waals surface area contributed by atoms with Crippen molar-refractivity contribution >= 4 is 17.2 Å². The molecule has 3 heterocycles. The van der Waals surface area contributed by atoms with Crippen LogP contribution in [0.5, 0.6) is 0 Å². The van der Waals surface area contributed by atoms with Gasteiger partial charge in [-0.1, -0.05) is 0 Å². The van der Waals surface area contributed by atoms with Gasteiger partial charge in [0.25, 0.3) is 5.91 Å². The predicted octanol–water partition coefficient (Wildman–Crippen LogP) is 2.03. The number of aromatic nitrogens is 2. The van der Waals surface area contributed by atoms with Crippen LogP contribution >= 0.6 is 11.3 Å². The van der Waals surface area contributed by atoms with Crippen LogP contribution < -0.4 is 5.32 Å². The highest BCUT2D eigenvalue weighted by atomic mass is 32.1. The van der Waals surface area contributed by atoms with E-state index in [1.54, 1.807) is 17.5 Å². The molecule has 1 fully saturated rings. The van der Waals surface area contributed by atoms with Crippen LogP contribution in [0.1, 0.15) is 27.5 Å². The van der Waals surface area contributed by atoms with Crippen LogP contribution in [0.2, 0.25) is 0 Å². The van der Waals surface area contributed by atoms with Crippen molar-refractivity contribution in [2.24, 2.45) is 5.92 Å². The minimum Gasteiger partial charge on any atom is -0.357 e. The molecule has 1 aliphatic heterocycles. The molecule has 5 nitrogen and oxygen atoms in total. The van der Waals surface area contributed by atoms with Crippen molar-refractivity contribution in [3.05, 3.63) is 40.1 Å². The Balaban J connectivity index is 1.76. The molecule has 2 N–H and O–H groups in total. The van der Waals surface area contributed by atoms with Gasteiger partial charge in [-0.25, -0.2) is 4.98 Å². The van der Waals surface area contributed by atoms with Crippen molar-refractivity contribution in [2.45, 2.75) is 19.9 Å². The molecule has 112 valence electrons. The van der Waals surface area contributed by atoms with E-state index in [0.29, 0.717) is 18.2 Å². The van der Waals surface area contributed by atoms with Crippen molar-refractivity contribution < 1.29 is 4.79 Å². The van der Waals surface area contributed by atoms with E-state index in [-0.39, 0.29) is 5.91 Å². The van der Waals surface area contributed by atoms with E-state index in [2.05, 4.69) is 15.3 Å². The number of thiazole rings is 1. The highest BCUT2D eigenvalue weighted by Gasteiger charge is 2.24. The second kappa shape index (κ2) is 6.41. The molecular formula is C15H20N4OS. The molecule has 0 bridgehead atoms. The number of rotatable bonds is 5. The first kappa shape index (κ1) is 14.3. The molecule has 0 aromatic carbocycles. The predicted molar refractivity (Wildman–Crippen MR) is 83.4 cm³/mol. The highest BCUT2D eigenvalue weighted by molar-refractivity contribution is 7.09. The van der Waals surface area contributed by atoms with E-state index in [4.69, 9.17) is 0 Å². The van der Waals surface area contributed by atoms with Gasteiger partial charge in [0.15, 0.2) is 0 Å². The molecule has 21 heavy (non-hydrogen) atoms. The highest BCUT2D eigenvalue weighted by Crippen LogP contribution is 2.19. The molecule has 0 saturated carbocycles. The van der Waals surface area contributed by atoms with Crippen LogP contribution in [0.3, 0.4) is 0 Å². The zero-order chi connectivity index (χ0) is 14.7. The van der Waals surface area contributed by atoms with Crippen LogP contribution in [0.15, 0.2) is 23.8 Å². The molecule has 1 saturated heterocycles. The van der Waals surface area contributed by atoms with Gasteiger partial charge in [0, 0.05) is 17.6 Å². The molecule has 0 radical (unpaired) electrons. The van der Waals surface area contributed by atoms with Crippen LogP contribution in [0, 0.1) is 12.8 Å². The summed E-state index contributed by atoms with van der Waals surface area (Å²) in [7, 11) is 0. The first-order valence-electron chi connectivity index (χ1n) is 7.26. The van der Waals surface area contributed by atoms with E-state index in [1.165, 1.54) is 4.88 Å². The molecule has 2 aromatic rings. The lowest BCUT2D eigenvalue weighted by molar-refractivity contribution is 0.0715. The standard InChI is InChI=1S/C15H20N4OS/c1-11-14(21-10-18-11)9-19(8-12-4-6-16-7-12)15(20)13-3-2-5-17-13/h2-3,5,10,12,16-17H,4,6-9H2,1H3/t12-/m0/s1. The van der Waals surface area contributed by atoms with Gasteiger partial charge in [0.1, 0.15) is 5.69 Å². The summed E-state index contributed by atoms with van der Waals surface area (Å²) in [6.07, 6.45) is 2.93. The Morgan fingerprint density at radius 2 is 2.48 bits per heavy atom. The number of aromatic amines is 1. The number of carbonyl (C=O) groups excluding carboxylic acids is 1. The summed E-state index contributed by atoms with van der Waals surface area (Å²) in [5.41, 5.74) is 3.52. The maximum atomic E-state index is 12.7. The largest absolute Gasteiger partial charge is 0.357 e. The van der Waals surface area contributed by atoms with Crippen molar-refractivity contribution in [2.75, 3.05) is 19.6 Å². The summed E-state index contributed by atoms with van der Waals surface area (Å²) in [6.45, 7) is 5.48. The first-order chi connectivity index (χ1) is 10.2. The van der Waals surface area contributed by atoms with Crippen LogP contribution in [0.4, 0.5) is 0 Å². The fourth-order valence-corrected chi connectivity index (χ4v) is 3.48. The van der Waals surface area contributed by atoms with Crippen molar-refractivity contribution in [3.8, 4) is 0 Å². The van der Waals surface area contributed by atoms with Crippen LogP contribution in [-0.4, -0.2) is 40.4 Å². The Hall–Kier alpha value is -1.66. The fraction of sp³-hybridized carbons (Fsp3) is 0.467. The van der Waals surface area contributed by atoms with Gasteiger partial charge in [-0.15, -0.1) is 11.3 Å². The Bertz CT molecular complexity index is 587. The molecule has 0 spiro atoms. The molecule has 0 aliphatic carbocycles. The number of nitrogens with one attached hydrogen (secondary N) is 2. The van der Waals surface area contributed by atoms with E-state index < -0.39 is 0 Å². The summed E-state index contributed by atoms with van der Waals surface area (Å²) in [5, 5.41) is 3.37. The van der Waals surface area contributed by atoms with E-state index in [1.807, 2.05) is 29.5 Å². The van der Waals surface area contributed by atoms with Crippen molar-refractivity contribution in [3.63, 3.8) is 0 Å². The number of H-pyrrole nitrogens is 1. The normalized spacial score (nSPS) is 18.0. The topological polar surface area (TPSA) is 61.0 Å². The summed E-state index contributed by atoms with van der Waals surface area (Å²) in [5.74, 6) is 0.608. The SMILES string of the molecule is Cc1ncsc1CN(C[C@H]1CCNC1)C(=O)c1ccc[nH]1. The Morgan fingerprint density at radius 1 is 1.57 bits per heavy atom. The zero-order valence-corrected chi connectivity index (χ0v) is 12.9. The molecule has 0 unspecified atom stereocenters. The number of aryl methyl sites for hydroxylation is 1. The lowest BCUT2D eigenvalue weighted by atomic mass is 10.1. The molecular weight excluding hydrogens is 284 g/mol. The van der Waals surface area contributed by atoms with Crippen molar-refractivity contribution in [1.29, 1.82) is 0 Å². The summed E-state index contributed by atoms with van der Waals surface area (Å²) in [4.78, 5) is 23.1. The zero-order valence-electron chi connectivity index (χ0n) is 12.1. The number of amides is 1. The quantitative estimate of drug-likeness (QED) is 0.888. The maximum Gasteiger partial charge on any atom is 0.270 e. The van der Waals surface area contributed by atoms with Gasteiger partial charge in [0.05, 0.1) is 17.7 Å². The first-order valence-corrected chi connectivity index (χ1v) is 8.14. The number of nitrogens with zero attached hydrogens (tertiary/aromatic N) is 2. The Labute approximate surface area is 128 Å². The molecule has 1 amide bonds. The van der Waals surface area contributed by atoms with Gasteiger partial charge in [0.2, 0.25) is 0 Å². The third kappa shape index (κ3) is 3.33. The molecule has 3 rings (SSSR count). The minimum atomic E-state index is 0.0692. The van der Waals surface area contributed by atoms with Gasteiger partial charge >= 0.3 is 0 Å². The average Bonchev–Trinajstić information content (AvgIpc) is 3.20. The van der Waals surface area contributed by atoms with Gasteiger partial charge < -0.3 is 15.2 Å². The molecule has 1 atom stereocenters. The lowest BCUT2D eigenvalue weighted by Crippen LogP contribution is -2.35. The van der Waals surface area contributed by atoms with Gasteiger partial charge in [-0.2, -0.15) is 0 Å². The second-order valence-corrected chi connectivity index (χ2v) is 6.43. The molecule has 6 heteroatoms. The van der Waals surface area contributed by atoms with Crippen LogP contribution in [-0.2, 0) is 6.54 Å². The molecule has 1 aliphatic rings. The summed E-state index contributed by atoms with van der Waals surface area (Å²) < 4.78 is 0. The average molecular weight is 304 g/mol. The third-order valence-electron chi connectivity index (χ3n) is 3.94. The van der Waals surface area contributed by atoms with Crippen LogP contribution in [0.25, 0.3) is 0 Å². The fourth-order valence-electron chi connectivity index (χ4n) is 2.69. The van der Waals surface area contributed by atoms with E-state index in [9.17, 15) is 4.79 Å². The summed E-state index contributed by atoms with van der Waals surface area (Å²) in [6, 6.07) is 3.70. The number of carbonyl (C=O) groups is 1.